The van der Waals surface area contributed by atoms with Crippen molar-refractivity contribution in [1.82, 2.24) is 10.2 Å². The first kappa shape index (κ1) is 12.8. The quantitative estimate of drug-likeness (QED) is 0.801. The fourth-order valence-corrected chi connectivity index (χ4v) is 3.07. The normalized spacial score (nSPS) is 32.9. The average molecular weight is 240 g/mol. The summed E-state index contributed by atoms with van der Waals surface area (Å²) >= 11 is 0. The van der Waals surface area contributed by atoms with Crippen LogP contribution in [0.15, 0.2) is 0 Å². The molecule has 1 amide bonds. The van der Waals surface area contributed by atoms with Crippen molar-refractivity contribution in [2.75, 3.05) is 26.8 Å². The summed E-state index contributed by atoms with van der Waals surface area (Å²) in [6, 6.07) is 0.277. The summed E-state index contributed by atoms with van der Waals surface area (Å²) in [7, 11) is 1.93. The van der Waals surface area contributed by atoms with Crippen LogP contribution in [0.5, 0.6) is 0 Å². The first-order valence-corrected chi connectivity index (χ1v) is 6.79. The monoisotopic (exact) mass is 240 g/mol. The van der Waals surface area contributed by atoms with E-state index in [-0.39, 0.29) is 17.5 Å². The molecule has 0 radical (unpaired) electrons. The maximum Gasteiger partial charge on any atom is 0.242 e. The van der Waals surface area contributed by atoms with Crippen LogP contribution in [-0.4, -0.2) is 49.2 Å². The van der Waals surface area contributed by atoms with Crippen LogP contribution >= 0.6 is 0 Å². The standard InChI is InChI=1S/C13H24N2O2/c1-3-6-13(7-4-8-14-13)12(16)15(2)11-5-9-17-10-11/h11,14H,3-10H2,1-2H3. The molecule has 4 heteroatoms. The number of likely N-dealkylation sites (N-methyl/N-ethyl adjacent to an activating group) is 1. The van der Waals surface area contributed by atoms with Crippen LogP contribution in [0.25, 0.3) is 0 Å². The number of hydrogen-bond donors (Lipinski definition) is 1. The van der Waals surface area contributed by atoms with E-state index in [9.17, 15) is 4.79 Å². The predicted octanol–water partition coefficient (Wildman–Crippen LogP) is 1.16. The van der Waals surface area contributed by atoms with Crippen LogP contribution in [0.1, 0.15) is 39.0 Å². The topological polar surface area (TPSA) is 41.6 Å². The third kappa shape index (κ3) is 2.47. The molecule has 0 aromatic carbocycles. The first-order valence-electron chi connectivity index (χ1n) is 6.79. The SMILES string of the molecule is CCCC1(C(=O)N(C)C2CCOC2)CCCN1. The highest BCUT2D eigenvalue weighted by atomic mass is 16.5. The van der Waals surface area contributed by atoms with Gasteiger partial charge in [0.25, 0.3) is 0 Å². The Hall–Kier alpha value is -0.610. The van der Waals surface area contributed by atoms with Crippen molar-refractivity contribution in [3.8, 4) is 0 Å². The van der Waals surface area contributed by atoms with Crippen LogP contribution in [0.2, 0.25) is 0 Å². The molecule has 0 aliphatic carbocycles. The molecule has 2 aliphatic heterocycles. The molecule has 2 saturated heterocycles. The first-order chi connectivity index (χ1) is 8.19. The Labute approximate surface area is 104 Å². The van der Waals surface area contributed by atoms with E-state index in [0.717, 1.165) is 45.3 Å². The fraction of sp³-hybridized carbons (Fsp3) is 0.923. The van der Waals surface area contributed by atoms with Gasteiger partial charge in [0.1, 0.15) is 0 Å². The zero-order chi connectivity index (χ0) is 12.3. The van der Waals surface area contributed by atoms with Crippen molar-refractivity contribution >= 4 is 5.91 Å². The number of amides is 1. The van der Waals surface area contributed by atoms with E-state index < -0.39 is 0 Å². The molecule has 1 N–H and O–H groups in total. The molecule has 98 valence electrons. The van der Waals surface area contributed by atoms with Gasteiger partial charge < -0.3 is 15.0 Å². The van der Waals surface area contributed by atoms with Gasteiger partial charge in [-0.05, 0) is 32.2 Å². The lowest BCUT2D eigenvalue weighted by Gasteiger charge is -2.35. The van der Waals surface area contributed by atoms with Crippen molar-refractivity contribution < 1.29 is 9.53 Å². The maximum absolute atomic E-state index is 12.7. The van der Waals surface area contributed by atoms with Gasteiger partial charge in [-0.2, -0.15) is 0 Å². The van der Waals surface area contributed by atoms with Gasteiger partial charge in [0.2, 0.25) is 5.91 Å². The van der Waals surface area contributed by atoms with E-state index in [1.54, 1.807) is 0 Å². The Morgan fingerprint density at radius 3 is 2.94 bits per heavy atom. The van der Waals surface area contributed by atoms with Crippen molar-refractivity contribution in [3.63, 3.8) is 0 Å². The highest BCUT2D eigenvalue weighted by Gasteiger charge is 2.43. The van der Waals surface area contributed by atoms with Crippen LogP contribution < -0.4 is 5.32 Å². The van der Waals surface area contributed by atoms with Crippen LogP contribution in [0, 0.1) is 0 Å². The van der Waals surface area contributed by atoms with Crippen molar-refractivity contribution in [3.05, 3.63) is 0 Å². The Morgan fingerprint density at radius 1 is 1.59 bits per heavy atom. The van der Waals surface area contributed by atoms with E-state index >= 15 is 0 Å². The van der Waals surface area contributed by atoms with Gasteiger partial charge in [-0.3, -0.25) is 4.79 Å². The number of hydrogen-bond acceptors (Lipinski definition) is 3. The zero-order valence-electron chi connectivity index (χ0n) is 11.0. The summed E-state index contributed by atoms with van der Waals surface area (Å²) in [5, 5.41) is 3.44. The molecule has 4 nitrogen and oxygen atoms in total. The Bertz CT molecular complexity index is 269. The van der Waals surface area contributed by atoms with Gasteiger partial charge in [-0.1, -0.05) is 13.3 Å². The lowest BCUT2D eigenvalue weighted by Crippen LogP contribution is -2.56. The van der Waals surface area contributed by atoms with Gasteiger partial charge in [0.15, 0.2) is 0 Å². The minimum atomic E-state index is -0.286. The number of ether oxygens (including phenoxy) is 1. The molecule has 0 bridgehead atoms. The molecule has 0 aromatic rings. The summed E-state index contributed by atoms with van der Waals surface area (Å²) in [6.07, 6.45) is 5.07. The summed E-state index contributed by atoms with van der Waals surface area (Å²) < 4.78 is 5.37. The number of nitrogens with one attached hydrogen (secondary N) is 1. The molecule has 2 atom stereocenters. The van der Waals surface area contributed by atoms with E-state index in [2.05, 4.69) is 12.2 Å². The van der Waals surface area contributed by atoms with E-state index in [1.165, 1.54) is 0 Å². The average Bonchev–Trinajstić information content (AvgIpc) is 2.99. The zero-order valence-corrected chi connectivity index (χ0v) is 11.0. The Balaban J connectivity index is 2.04. The molecule has 2 unspecified atom stereocenters. The van der Waals surface area contributed by atoms with Gasteiger partial charge >= 0.3 is 0 Å². The largest absolute Gasteiger partial charge is 0.379 e. The van der Waals surface area contributed by atoms with Gasteiger partial charge in [-0.15, -0.1) is 0 Å². The Kier molecular flexibility index (Phi) is 4.05. The fourth-order valence-electron chi connectivity index (χ4n) is 3.07. The smallest absolute Gasteiger partial charge is 0.242 e. The van der Waals surface area contributed by atoms with Crippen molar-refractivity contribution in [1.29, 1.82) is 0 Å². The number of carbonyl (C=O) groups is 1. The Morgan fingerprint density at radius 2 is 2.41 bits per heavy atom. The molecule has 0 saturated carbocycles. The molecular weight excluding hydrogens is 216 g/mol. The lowest BCUT2D eigenvalue weighted by molar-refractivity contribution is -0.139. The van der Waals surface area contributed by atoms with Gasteiger partial charge in [0.05, 0.1) is 18.2 Å². The van der Waals surface area contributed by atoms with Crippen LogP contribution in [0.4, 0.5) is 0 Å². The predicted molar refractivity (Wildman–Crippen MR) is 66.9 cm³/mol. The highest BCUT2D eigenvalue weighted by Crippen LogP contribution is 2.28. The highest BCUT2D eigenvalue weighted by molar-refractivity contribution is 5.86. The van der Waals surface area contributed by atoms with Crippen molar-refractivity contribution in [2.45, 2.75) is 50.6 Å². The minimum absolute atomic E-state index is 0.271. The van der Waals surface area contributed by atoms with E-state index in [1.807, 2.05) is 11.9 Å². The van der Waals surface area contributed by atoms with Crippen molar-refractivity contribution in [2.24, 2.45) is 0 Å². The second kappa shape index (κ2) is 5.36. The maximum atomic E-state index is 12.7. The summed E-state index contributed by atoms with van der Waals surface area (Å²) in [5.74, 6) is 0.271. The summed E-state index contributed by atoms with van der Waals surface area (Å²) in [5.41, 5.74) is -0.286. The van der Waals surface area contributed by atoms with Gasteiger partial charge in [-0.25, -0.2) is 0 Å². The second-order valence-electron chi connectivity index (χ2n) is 5.30. The number of carbonyl (C=O) groups excluding carboxylic acids is 1. The van der Waals surface area contributed by atoms with Crippen LogP contribution in [0.3, 0.4) is 0 Å². The number of nitrogens with zero attached hydrogens (tertiary/aromatic N) is 1. The van der Waals surface area contributed by atoms with E-state index in [4.69, 9.17) is 4.74 Å². The molecule has 2 aliphatic rings. The molecule has 2 fully saturated rings. The third-order valence-corrected chi connectivity index (χ3v) is 4.10. The molecule has 2 heterocycles. The molecule has 2 rings (SSSR count). The summed E-state index contributed by atoms with van der Waals surface area (Å²) in [6.45, 7) is 4.61. The minimum Gasteiger partial charge on any atom is -0.379 e. The molecular formula is C13H24N2O2. The third-order valence-electron chi connectivity index (χ3n) is 4.10. The van der Waals surface area contributed by atoms with Gasteiger partial charge in [0, 0.05) is 13.7 Å². The molecule has 0 aromatic heterocycles. The second-order valence-corrected chi connectivity index (χ2v) is 5.30. The molecule has 0 spiro atoms. The lowest BCUT2D eigenvalue weighted by atomic mass is 9.90. The van der Waals surface area contributed by atoms with E-state index in [0.29, 0.717) is 6.61 Å². The van der Waals surface area contributed by atoms with Crippen LogP contribution in [-0.2, 0) is 9.53 Å². The molecule has 17 heavy (non-hydrogen) atoms. The number of rotatable bonds is 4. The summed E-state index contributed by atoms with van der Waals surface area (Å²) in [4.78, 5) is 14.6.